The molecule has 1 aliphatic carbocycles. The minimum absolute atomic E-state index is 0.0607. The Morgan fingerprint density at radius 1 is 1.50 bits per heavy atom. The maximum absolute atomic E-state index is 11.6. The van der Waals surface area contributed by atoms with E-state index >= 15 is 0 Å². The fraction of sp³-hybridized carbons (Fsp3) is 0.929. The molecule has 1 rings (SSSR count). The molecule has 0 aliphatic heterocycles. The summed E-state index contributed by atoms with van der Waals surface area (Å²) in [5.74, 6) is -0.279. The van der Waals surface area contributed by atoms with Crippen LogP contribution in [0.15, 0.2) is 0 Å². The van der Waals surface area contributed by atoms with E-state index < -0.39 is 5.54 Å². The molecule has 0 aromatic carbocycles. The molecule has 0 radical (unpaired) electrons. The predicted octanol–water partition coefficient (Wildman–Crippen LogP) is 1.97. The highest BCUT2D eigenvalue weighted by Crippen LogP contribution is 2.25. The van der Waals surface area contributed by atoms with E-state index in [1.165, 1.54) is 12.8 Å². The third-order valence-electron chi connectivity index (χ3n) is 3.49. The zero-order chi connectivity index (χ0) is 13.6. The van der Waals surface area contributed by atoms with Crippen molar-refractivity contribution in [3.8, 4) is 0 Å². The number of carbonyl (C=O) groups is 1. The van der Waals surface area contributed by atoms with Gasteiger partial charge in [-0.25, -0.2) is 0 Å². The molecule has 1 fully saturated rings. The molecular formula is C14H28N2O2. The highest BCUT2D eigenvalue weighted by atomic mass is 16.5. The first-order valence-electron chi connectivity index (χ1n) is 7.17. The molecule has 3 N–H and O–H groups in total. The summed E-state index contributed by atoms with van der Waals surface area (Å²) in [4.78, 5) is 11.6. The van der Waals surface area contributed by atoms with E-state index in [9.17, 15) is 4.79 Å². The number of carbonyl (C=O) groups excluding carboxylic acids is 1. The van der Waals surface area contributed by atoms with Gasteiger partial charge in [0.15, 0.2) is 0 Å². The van der Waals surface area contributed by atoms with Gasteiger partial charge in [-0.15, -0.1) is 0 Å². The van der Waals surface area contributed by atoms with E-state index in [0.717, 1.165) is 25.9 Å². The largest absolute Gasteiger partial charge is 0.378 e. The van der Waals surface area contributed by atoms with Gasteiger partial charge in [0, 0.05) is 19.1 Å². The minimum atomic E-state index is -0.634. The standard InChI is InChI=1S/C14H28N2O2/c1-4-5-6-9-18-11(2)10-14(3,13(15)17)16-12-7-8-12/h11-12,16H,4-10H2,1-3H3,(H2,15,17). The number of nitrogens with one attached hydrogen (secondary N) is 1. The van der Waals surface area contributed by atoms with Crippen molar-refractivity contribution in [2.45, 2.75) is 77.0 Å². The number of hydrogen-bond acceptors (Lipinski definition) is 3. The molecule has 0 saturated heterocycles. The Morgan fingerprint density at radius 3 is 2.67 bits per heavy atom. The summed E-state index contributed by atoms with van der Waals surface area (Å²) in [5, 5.41) is 3.34. The Morgan fingerprint density at radius 2 is 2.17 bits per heavy atom. The second-order valence-electron chi connectivity index (χ2n) is 5.71. The molecule has 4 nitrogen and oxygen atoms in total. The molecule has 1 amide bonds. The molecule has 106 valence electrons. The fourth-order valence-corrected chi connectivity index (χ4v) is 2.18. The lowest BCUT2D eigenvalue weighted by Crippen LogP contribution is -2.55. The summed E-state index contributed by atoms with van der Waals surface area (Å²) >= 11 is 0. The van der Waals surface area contributed by atoms with Gasteiger partial charge in [0.1, 0.15) is 0 Å². The molecule has 18 heavy (non-hydrogen) atoms. The number of rotatable bonds is 10. The second-order valence-corrected chi connectivity index (χ2v) is 5.71. The van der Waals surface area contributed by atoms with Crippen LogP contribution >= 0.6 is 0 Å². The molecule has 4 heteroatoms. The van der Waals surface area contributed by atoms with Gasteiger partial charge in [-0.2, -0.15) is 0 Å². The zero-order valence-electron chi connectivity index (χ0n) is 12.0. The fourth-order valence-electron chi connectivity index (χ4n) is 2.18. The van der Waals surface area contributed by atoms with Crippen molar-refractivity contribution >= 4 is 5.91 Å². The van der Waals surface area contributed by atoms with Crippen molar-refractivity contribution in [2.75, 3.05) is 6.61 Å². The first kappa shape index (κ1) is 15.4. The summed E-state index contributed by atoms with van der Waals surface area (Å²) in [7, 11) is 0. The van der Waals surface area contributed by atoms with Gasteiger partial charge in [0.25, 0.3) is 0 Å². The average Bonchev–Trinajstić information content (AvgIpc) is 3.07. The zero-order valence-corrected chi connectivity index (χ0v) is 12.0. The minimum Gasteiger partial charge on any atom is -0.378 e. The normalized spacial score (nSPS) is 20.4. The van der Waals surface area contributed by atoms with E-state index in [-0.39, 0.29) is 12.0 Å². The van der Waals surface area contributed by atoms with Crippen molar-refractivity contribution < 1.29 is 9.53 Å². The smallest absolute Gasteiger partial charge is 0.237 e. The summed E-state index contributed by atoms with van der Waals surface area (Å²) in [5.41, 5.74) is 4.88. The Labute approximate surface area is 111 Å². The first-order chi connectivity index (χ1) is 8.48. The van der Waals surface area contributed by atoms with Crippen LogP contribution in [0.1, 0.15) is 59.3 Å². The lowest BCUT2D eigenvalue weighted by Gasteiger charge is -2.30. The predicted molar refractivity (Wildman–Crippen MR) is 73.3 cm³/mol. The molecule has 1 aliphatic rings. The average molecular weight is 256 g/mol. The molecule has 0 aromatic rings. The number of amides is 1. The quantitative estimate of drug-likeness (QED) is 0.587. The lowest BCUT2D eigenvalue weighted by molar-refractivity contribution is -0.125. The van der Waals surface area contributed by atoms with Crippen LogP contribution in [0, 0.1) is 0 Å². The van der Waals surface area contributed by atoms with Gasteiger partial charge in [-0.3, -0.25) is 4.79 Å². The van der Waals surface area contributed by atoms with Crippen molar-refractivity contribution in [1.82, 2.24) is 5.32 Å². The summed E-state index contributed by atoms with van der Waals surface area (Å²) in [6.07, 6.45) is 6.48. The van der Waals surface area contributed by atoms with E-state index in [0.29, 0.717) is 12.5 Å². The number of primary amides is 1. The molecule has 2 unspecified atom stereocenters. The number of unbranched alkanes of at least 4 members (excludes halogenated alkanes) is 2. The Hall–Kier alpha value is -0.610. The van der Waals surface area contributed by atoms with Gasteiger partial charge in [0.05, 0.1) is 11.6 Å². The van der Waals surface area contributed by atoms with Gasteiger partial charge < -0.3 is 15.8 Å². The topological polar surface area (TPSA) is 64.3 Å². The number of nitrogens with two attached hydrogens (primary N) is 1. The van der Waals surface area contributed by atoms with Crippen LogP contribution in [-0.2, 0) is 9.53 Å². The van der Waals surface area contributed by atoms with Gasteiger partial charge in [-0.1, -0.05) is 19.8 Å². The van der Waals surface area contributed by atoms with Gasteiger partial charge in [-0.05, 0) is 33.1 Å². The summed E-state index contributed by atoms with van der Waals surface area (Å²) in [6, 6.07) is 0.467. The molecule has 1 saturated carbocycles. The summed E-state index contributed by atoms with van der Waals surface area (Å²) < 4.78 is 5.74. The highest BCUT2D eigenvalue weighted by Gasteiger charge is 2.38. The molecular weight excluding hydrogens is 228 g/mol. The van der Waals surface area contributed by atoms with Crippen LogP contribution in [0.25, 0.3) is 0 Å². The van der Waals surface area contributed by atoms with Crippen molar-refractivity contribution in [3.63, 3.8) is 0 Å². The Balaban J connectivity index is 2.32. The first-order valence-corrected chi connectivity index (χ1v) is 7.17. The van der Waals surface area contributed by atoms with Crippen LogP contribution in [-0.4, -0.2) is 30.2 Å². The van der Waals surface area contributed by atoms with Crippen LogP contribution in [0.3, 0.4) is 0 Å². The highest BCUT2D eigenvalue weighted by molar-refractivity contribution is 5.84. The third kappa shape index (κ3) is 5.36. The maximum atomic E-state index is 11.6. The van der Waals surface area contributed by atoms with Crippen molar-refractivity contribution in [1.29, 1.82) is 0 Å². The Kier molecular flexibility index (Phi) is 6.09. The molecule has 0 bridgehead atoms. The van der Waals surface area contributed by atoms with Crippen molar-refractivity contribution in [2.24, 2.45) is 5.73 Å². The van der Waals surface area contributed by atoms with Crippen LogP contribution < -0.4 is 11.1 Å². The maximum Gasteiger partial charge on any atom is 0.237 e. The molecule has 2 atom stereocenters. The van der Waals surface area contributed by atoms with Crippen LogP contribution in [0.2, 0.25) is 0 Å². The monoisotopic (exact) mass is 256 g/mol. The van der Waals surface area contributed by atoms with E-state index in [4.69, 9.17) is 10.5 Å². The number of hydrogen-bond donors (Lipinski definition) is 2. The van der Waals surface area contributed by atoms with Crippen LogP contribution in [0.5, 0.6) is 0 Å². The second kappa shape index (κ2) is 7.10. The van der Waals surface area contributed by atoms with E-state index in [1.54, 1.807) is 0 Å². The van der Waals surface area contributed by atoms with Gasteiger partial charge >= 0.3 is 0 Å². The van der Waals surface area contributed by atoms with Gasteiger partial charge in [0.2, 0.25) is 5.91 Å². The van der Waals surface area contributed by atoms with Crippen molar-refractivity contribution in [3.05, 3.63) is 0 Å². The Bertz CT molecular complexity index is 267. The molecule has 0 spiro atoms. The third-order valence-corrected chi connectivity index (χ3v) is 3.49. The molecule has 0 heterocycles. The molecule has 0 aromatic heterocycles. The summed E-state index contributed by atoms with van der Waals surface area (Å²) in [6.45, 7) is 6.85. The van der Waals surface area contributed by atoms with E-state index in [1.807, 2.05) is 13.8 Å². The SMILES string of the molecule is CCCCCOC(C)CC(C)(NC1CC1)C(N)=O. The van der Waals surface area contributed by atoms with Crippen LogP contribution in [0.4, 0.5) is 0 Å². The number of ether oxygens (including phenoxy) is 1. The lowest BCUT2D eigenvalue weighted by atomic mass is 9.93. The van der Waals surface area contributed by atoms with E-state index in [2.05, 4.69) is 12.2 Å².